The first-order valence-corrected chi connectivity index (χ1v) is 6.25. The molecule has 2 aromatic rings. The van der Waals surface area contributed by atoms with Crippen molar-refractivity contribution in [2.45, 2.75) is 13.5 Å². The van der Waals surface area contributed by atoms with Crippen LogP contribution in [0.2, 0.25) is 5.02 Å². The molecule has 1 N–H and O–H groups in total. The van der Waals surface area contributed by atoms with Gasteiger partial charge in [-0.25, -0.2) is 4.98 Å². The van der Waals surface area contributed by atoms with Gasteiger partial charge in [0.25, 0.3) is 0 Å². The molecule has 1 aromatic carbocycles. The number of aromatic nitrogens is 1. The van der Waals surface area contributed by atoms with E-state index in [-0.39, 0.29) is 0 Å². The average Bonchev–Trinajstić information content (AvgIpc) is 2.41. The molecule has 3 nitrogen and oxygen atoms in total. The Morgan fingerprint density at radius 1 is 1.17 bits per heavy atom. The molecule has 18 heavy (non-hydrogen) atoms. The largest absolute Gasteiger partial charge is 0.439 e. The first-order chi connectivity index (χ1) is 8.78. The van der Waals surface area contributed by atoms with Crippen LogP contribution in [0.4, 0.5) is 0 Å². The zero-order valence-electron chi connectivity index (χ0n) is 10.2. The fourth-order valence-electron chi connectivity index (χ4n) is 1.47. The van der Waals surface area contributed by atoms with E-state index in [4.69, 9.17) is 16.3 Å². The molecule has 0 unspecified atom stereocenters. The molecule has 0 fully saturated rings. The van der Waals surface area contributed by atoms with E-state index in [1.807, 2.05) is 30.5 Å². The number of nitrogens with one attached hydrogen (secondary N) is 1. The fourth-order valence-corrected chi connectivity index (χ4v) is 1.59. The second-order valence-corrected chi connectivity index (χ2v) is 4.28. The predicted molar refractivity (Wildman–Crippen MR) is 73.1 cm³/mol. The highest BCUT2D eigenvalue weighted by Crippen LogP contribution is 2.21. The van der Waals surface area contributed by atoms with Gasteiger partial charge in [-0.2, -0.15) is 0 Å². The van der Waals surface area contributed by atoms with Gasteiger partial charge >= 0.3 is 0 Å². The summed E-state index contributed by atoms with van der Waals surface area (Å²) in [6, 6.07) is 11.1. The zero-order chi connectivity index (χ0) is 12.8. The second-order valence-electron chi connectivity index (χ2n) is 3.84. The summed E-state index contributed by atoms with van der Waals surface area (Å²) >= 11 is 5.81. The Morgan fingerprint density at radius 2 is 1.94 bits per heavy atom. The van der Waals surface area contributed by atoms with Gasteiger partial charge in [0.1, 0.15) is 5.75 Å². The number of hydrogen-bond acceptors (Lipinski definition) is 3. The predicted octanol–water partition coefficient (Wildman–Crippen LogP) is 3.64. The van der Waals surface area contributed by atoms with Crippen LogP contribution in [0.5, 0.6) is 11.6 Å². The minimum absolute atomic E-state index is 0.581. The molecule has 2 rings (SSSR count). The quantitative estimate of drug-likeness (QED) is 0.893. The number of hydrogen-bond donors (Lipinski definition) is 1. The third-order valence-corrected chi connectivity index (χ3v) is 2.66. The average molecular weight is 263 g/mol. The lowest BCUT2D eigenvalue weighted by Gasteiger charge is -2.06. The second kappa shape index (κ2) is 6.38. The van der Waals surface area contributed by atoms with Crippen molar-refractivity contribution in [1.29, 1.82) is 0 Å². The van der Waals surface area contributed by atoms with E-state index < -0.39 is 0 Å². The molecule has 0 saturated heterocycles. The number of halogens is 1. The Hall–Kier alpha value is -1.58. The molecule has 0 aliphatic rings. The van der Waals surface area contributed by atoms with Gasteiger partial charge in [-0.05, 0) is 36.4 Å². The molecule has 1 aromatic heterocycles. The van der Waals surface area contributed by atoms with E-state index in [2.05, 4.69) is 17.2 Å². The van der Waals surface area contributed by atoms with E-state index in [1.165, 1.54) is 0 Å². The molecule has 0 saturated carbocycles. The first kappa shape index (κ1) is 12.9. The molecule has 1 heterocycles. The monoisotopic (exact) mass is 262 g/mol. The third-order valence-electron chi connectivity index (χ3n) is 2.41. The molecule has 0 radical (unpaired) electrons. The van der Waals surface area contributed by atoms with E-state index in [0.29, 0.717) is 10.9 Å². The molecule has 0 bridgehead atoms. The number of benzene rings is 1. The normalized spacial score (nSPS) is 10.3. The highest BCUT2D eigenvalue weighted by molar-refractivity contribution is 6.30. The van der Waals surface area contributed by atoms with Crippen molar-refractivity contribution in [1.82, 2.24) is 10.3 Å². The Morgan fingerprint density at radius 3 is 2.56 bits per heavy atom. The van der Waals surface area contributed by atoms with E-state index in [9.17, 15) is 0 Å². The minimum atomic E-state index is 0.581. The van der Waals surface area contributed by atoms with E-state index in [1.54, 1.807) is 12.1 Å². The van der Waals surface area contributed by atoms with E-state index >= 15 is 0 Å². The smallest absolute Gasteiger partial charge is 0.219 e. The van der Waals surface area contributed by atoms with Gasteiger partial charge in [0, 0.05) is 23.8 Å². The topological polar surface area (TPSA) is 34.1 Å². The van der Waals surface area contributed by atoms with Gasteiger partial charge in [0.2, 0.25) is 5.88 Å². The summed E-state index contributed by atoms with van der Waals surface area (Å²) in [5.74, 6) is 1.31. The fraction of sp³-hybridized carbons (Fsp3) is 0.214. The number of rotatable bonds is 5. The van der Waals surface area contributed by atoms with Crippen LogP contribution in [0.25, 0.3) is 0 Å². The summed E-state index contributed by atoms with van der Waals surface area (Å²) in [5, 5.41) is 3.94. The summed E-state index contributed by atoms with van der Waals surface area (Å²) < 4.78 is 5.60. The maximum Gasteiger partial charge on any atom is 0.219 e. The number of nitrogens with zero attached hydrogens (tertiary/aromatic N) is 1. The van der Waals surface area contributed by atoms with Crippen LogP contribution in [-0.2, 0) is 6.54 Å². The lowest BCUT2D eigenvalue weighted by molar-refractivity contribution is 0.462. The molecule has 0 aliphatic carbocycles. The van der Waals surface area contributed by atoms with Crippen molar-refractivity contribution >= 4 is 11.6 Å². The van der Waals surface area contributed by atoms with Crippen molar-refractivity contribution in [2.75, 3.05) is 6.54 Å². The maximum atomic E-state index is 5.81. The highest BCUT2D eigenvalue weighted by atomic mass is 35.5. The van der Waals surface area contributed by atoms with Crippen molar-refractivity contribution < 1.29 is 4.74 Å². The van der Waals surface area contributed by atoms with Gasteiger partial charge in [-0.3, -0.25) is 0 Å². The SMILES string of the molecule is CCNCc1ccc(Oc2ccc(Cl)cc2)nc1. The summed E-state index contributed by atoms with van der Waals surface area (Å²) in [6.45, 7) is 3.85. The van der Waals surface area contributed by atoms with Crippen LogP contribution in [-0.4, -0.2) is 11.5 Å². The van der Waals surface area contributed by atoms with Crippen LogP contribution in [0.3, 0.4) is 0 Å². The minimum Gasteiger partial charge on any atom is -0.439 e. The van der Waals surface area contributed by atoms with Gasteiger partial charge in [0.05, 0.1) is 0 Å². The maximum absolute atomic E-state index is 5.81. The molecule has 0 atom stereocenters. The number of ether oxygens (including phenoxy) is 1. The lowest BCUT2D eigenvalue weighted by Crippen LogP contribution is -2.11. The summed E-state index contributed by atoms with van der Waals surface area (Å²) in [4.78, 5) is 4.25. The van der Waals surface area contributed by atoms with Crippen molar-refractivity contribution in [2.24, 2.45) is 0 Å². The molecule has 0 amide bonds. The molecule has 0 spiro atoms. The Labute approximate surface area is 112 Å². The van der Waals surface area contributed by atoms with E-state index in [0.717, 1.165) is 24.4 Å². The van der Waals surface area contributed by atoms with Crippen molar-refractivity contribution in [3.05, 3.63) is 53.2 Å². The number of pyridine rings is 1. The Balaban J connectivity index is 1.99. The lowest BCUT2D eigenvalue weighted by atomic mass is 10.3. The van der Waals surface area contributed by atoms with Crippen molar-refractivity contribution in [3.8, 4) is 11.6 Å². The summed E-state index contributed by atoms with van der Waals surface area (Å²) in [6.07, 6.45) is 1.81. The summed E-state index contributed by atoms with van der Waals surface area (Å²) in [5.41, 5.74) is 1.14. The summed E-state index contributed by atoms with van der Waals surface area (Å²) in [7, 11) is 0. The first-order valence-electron chi connectivity index (χ1n) is 5.87. The van der Waals surface area contributed by atoms with Crippen LogP contribution < -0.4 is 10.1 Å². The zero-order valence-corrected chi connectivity index (χ0v) is 10.9. The van der Waals surface area contributed by atoms with Gasteiger partial charge in [-0.15, -0.1) is 0 Å². The third kappa shape index (κ3) is 3.72. The van der Waals surface area contributed by atoms with Gasteiger partial charge < -0.3 is 10.1 Å². The molecule has 4 heteroatoms. The molecular formula is C14H15ClN2O. The molecule has 94 valence electrons. The van der Waals surface area contributed by atoms with Gasteiger partial charge in [0.15, 0.2) is 0 Å². The van der Waals surface area contributed by atoms with Crippen LogP contribution >= 0.6 is 11.6 Å². The highest BCUT2D eigenvalue weighted by Gasteiger charge is 1.99. The Bertz CT molecular complexity index is 482. The van der Waals surface area contributed by atoms with Crippen LogP contribution in [0, 0.1) is 0 Å². The Kier molecular flexibility index (Phi) is 4.56. The van der Waals surface area contributed by atoms with Crippen LogP contribution in [0.15, 0.2) is 42.6 Å². The van der Waals surface area contributed by atoms with Crippen LogP contribution in [0.1, 0.15) is 12.5 Å². The standard InChI is InChI=1S/C14H15ClN2O/c1-2-16-9-11-3-8-14(17-10-11)18-13-6-4-12(15)5-7-13/h3-8,10,16H,2,9H2,1H3. The molecule has 0 aliphatic heterocycles. The van der Waals surface area contributed by atoms with Crippen molar-refractivity contribution in [3.63, 3.8) is 0 Å². The van der Waals surface area contributed by atoms with Gasteiger partial charge in [-0.1, -0.05) is 24.6 Å². The molecular weight excluding hydrogens is 248 g/mol.